The van der Waals surface area contributed by atoms with Crippen molar-refractivity contribution >= 4 is 6.08 Å². The Bertz CT molecular complexity index is 740. The maximum Gasteiger partial charge on any atom is 0.238 e. The van der Waals surface area contributed by atoms with Crippen LogP contribution in [0.25, 0.3) is 6.08 Å². The summed E-state index contributed by atoms with van der Waals surface area (Å²) in [5.41, 5.74) is 2.42. The minimum atomic E-state index is 0.794. The Morgan fingerprint density at radius 1 is 0.618 bits per heavy atom. The molecule has 0 radical (unpaired) electrons. The first kappa shape index (κ1) is 28.1. The van der Waals surface area contributed by atoms with Crippen LogP contribution in [-0.4, -0.2) is 6.61 Å². The molecule has 0 aliphatic carbocycles. The highest BCUT2D eigenvalue weighted by molar-refractivity contribution is 5.48. The SMILES string of the molecule is CCCCCCCCCCCCCCCCCCO[n+]1ccccc1CC=Cc1ccccc1. The second-order valence-corrected chi connectivity index (χ2v) is 9.67. The topological polar surface area (TPSA) is 13.1 Å². The highest BCUT2D eigenvalue weighted by Crippen LogP contribution is 2.13. The smallest absolute Gasteiger partial charge is 0.238 e. The summed E-state index contributed by atoms with van der Waals surface area (Å²) in [6.07, 6.45) is 29.6. The standard InChI is InChI=1S/C32H50NO/c1-2-3-4-5-6-7-8-9-10-11-12-13-14-15-16-22-30-34-33-29-21-20-27-32(33)28-23-26-31-24-18-17-19-25-31/h17-21,23-27,29H,2-16,22,28,30H2,1H3/q+1. The molecule has 0 bridgehead atoms. The lowest BCUT2D eigenvalue weighted by Gasteiger charge is -2.04. The Morgan fingerprint density at radius 2 is 1.15 bits per heavy atom. The van der Waals surface area contributed by atoms with Crippen molar-refractivity contribution in [3.8, 4) is 0 Å². The van der Waals surface area contributed by atoms with E-state index in [1.165, 1.54) is 108 Å². The van der Waals surface area contributed by atoms with Crippen LogP contribution in [0.2, 0.25) is 0 Å². The molecule has 2 nitrogen and oxygen atoms in total. The molecular weight excluding hydrogens is 414 g/mol. The van der Waals surface area contributed by atoms with E-state index in [1.54, 1.807) is 0 Å². The first-order valence-corrected chi connectivity index (χ1v) is 14.2. The zero-order valence-electron chi connectivity index (χ0n) is 21.9. The van der Waals surface area contributed by atoms with Crippen LogP contribution in [0, 0.1) is 0 Å². The van der Waals surface area contributed by atoms with E-state index in [-0.39, 0.29) is 0 Å². The van der Waals surface area contributed by atoms with Gasteiger partial charge in [-0.1, -0.05) is 139 Å². The van der Waals surface area contributed by atoms with Crippen LogP contribution >= 0.6 is 0 Å². The fourth-order valence-electron chi connectivity index (χ4n) is 4.44. The second kappa shape index (κ2) is 20.3. The molecule has 34 heavy (non-hydrogen) atoms. The molecule has 1 heterocycles. The Balaban J connectivity index is 1.42. The summed E-state index contributed by atoms with van der Waals surface area (Å²) >= 11 is 0. The molecule has 1 aromatic heterocycles. The van der Waals surface area contributed by atoms with Gasteiger partial charge in [0.2, 0.25) is 11.9 Å². The monoisotopic (exact) mass is 464 g/mol. The van der Waals surface area contributed by atoms with Crippen molar-refractivity contribution in [3.05, 3.63) is 72.1 Å². The van der Waals surface area contributed by atoms with Gasteiger partial charge >= 0.3 is 0 Å². The summed E-state index contributed by atoms with van der Waals surface area (Å²) in [6, 6.07) is 16.7. The summed E-state index contributed by atoms with van der Waals surface area (Å²) in [6.45, 7) is 3.09. The molecule has 0 unspecified atom stereocenters. The van der Waals surface area contributed by atoms with Gasteiger partial charge in [-0.25, -0.2) is 0 Å². The number of hydrogen-bond donors (Lipinski definition) is 0. The molecule has 2 rings (SSSR count). The van der Waals surface area contributed by atoms with E-state index in [2.05, 4.69) is 61.5 Å². The van der Waals surface area contributed by atoms with E-state index < -0.39 is 0 Å². The van der Waals surface area contributed by atoms with Crippen LogP contribution in [0.5, 0.6) is 0 Å². The molecule has 0 N–H and O–H groups in total. The van der Waals surface area contributed by atoms with Crippen molar-refractivity contribution in [1.29, 1.82) is 0 Å². The minimum absolute atomic E-state index is 0.794. The molecule has 0 atom stereocenters. The van der Waals surface area contributed by atoms with Crippen molar-refractivity contribution in [2.45, 2.75) is 116 Å². The van der Waals surface area contributed by atoms with E-state index in [4.69, 9.17) is 4.84 Å². The number of hydrogen-bond acceptors (Lipinski definition) is 1. The Hall–Kier alpha value is -2.09. The van der Waals surface area contributed by atoms with Crippen LogP contribution in [0.1, 0.15) is 121 Å². The molecule has 188 valence electrons. The lowest BCUT2D eigenvalue weighted by Crippen LogP contribution is -2.46. The number of rotatable bonds is 21. The molecule has 1 aromatic carbocycles. The van der Waals surface area contributed by atoms with E-state index in [0.717, 1.165) is 19.4 Å². The van der Waals surface area contributed by atoms with Gasteiger partial charge in [0.05, 0.1) is 6.42 Å². The number of allylic oxidation sites excluding steroid dienone is 1. The van der Waals surface area contributed by atoms with Crippen molar-refractivity contribution in [2.75, 3.05) is 6.61 Å². The molecule has 0 amide bonds. The average Bonchev–Trinajstić information content (AvgIpc) is 2.87. The predicted molar refractivity (Wildman–Crippen MR) is 147 cm³/mol. The maximum atomic E-state index is 6.04. The largest absolute Gasteiger partial charge is 0.271 e. The molecule has 0 spiro atoms. The number of nitrogens with zero attached hydrogens (tertiary/aromatic N) is 1. The molecule has 0 fully saturated rings. The highest BCUT2D eigenvalue weighted by Gasteiger charge is 2.09. The molecule has 2 heteroatoms. The van der Waals surface area contributed by atoms with E-state index >= 15 is 0 Å². The number of pyridine rings is 1. The van der Waals surface area contributed by atoms with Crippen LogP contribution < -0.4 is 9.57 Å². The molecule has 0 aliphatic rings. The molecule has 0 saturated carbocycles. The third-order valence-electron chi connectivity index (χ3n) is 6.57. The third kappa shape index (κ3) is 14.2. The van der Waals surface area contributed by atoms with Crippen molar-refractivity contribution in [1.82, 2.24) is 0 Å². The van der Waals surface area contributed by atoms with Gasteiger partial charge in [0, 0.05) is 16.9 Å². The van der Waals surface area contributed by atoms with Gasteiger partial charge in [-0.15, -0.1) is 0 Å². The maximum absolute atomic E-state index is 6.04. The summed E-state index contributed by atoms with van der Waals surface area (Å²) < 4.78 is 1.94. The Labute approximate surface area is 210 Å². The molecular formula is C32H50NO+. The summed E-state index contributed by atoms with van der Waals surface area (Å²) in [5, 5.41) is 0. The predicted octanol–water partition coefficient (Wildman–Crippen LogP) is 8.92. The quantitative estimate of drug-likeness (QED) is 0.133. The second-order valence-electron chi connectivity index (χ2n) is 9.67. The normalized spacial score (nSPS) is 11.3. The van der Waals surface area contributed by atoms with Gasteiger partial charge in [-0.05, 0) is 24.5 Å². The van der Waals surface area contributed by atoms with Crippen LogP contribution in [0.4, 0.5) is 0 Å². The number of aromatic nitrogens is 1. The first-order chi connectivity index (χ1) is 16.9. The fourth-order valence-corrected chi connectivity index (χ4v) is 4.44. The van der Waals surface area contributed by atoms with Gasteiger partial charge in [0.25, 0.3) is 0 Å². The molecule has 2 aromatic rings. The van der Waals surface area contributed by atoms with Crippen LogP contribution in [0.15, 0.2) is 60.8 Å². The van der Waals surface area contributed by atoms with Gasteiger partial charge in [0.15, 0.2) is 6.61 Å². The minimum Gasteiger partial charge on any atom is -0.271 e. The van der Waals surface area contributed by atoms with Gasteiger partial charge in [-0.2, -0.15) is 0 Å². The lowest BCUT2D eigenvalue weighted by atomic mass is 10.0. The first-order valence-electron chi connectivity index (χ1n) is 14.2. The number of unbranched alkanes of at least 4 members (excludes halogenated alkanes) is 15. The average molecular weight is 465 g/mol. The molecule has 0 aliphatic heterocycles. The van der Waals surface area contributed by atoms with Crippen molar-refractivity contribution in [3.63, 3.8) is 0 Å². The Morgan fingerprint density at radius 3 is 1.74 bits per heavy atom. The summed E-state index contributed by atoms with van der Waals surface area (Å²) in [4.78, 5) is 6.04. The highest BCUT2D eigenvalue weighted by atomic mass is 16.7. The van der Waals surface area contributed by atoms with Crippen molar-refractivity contribution in [2.24, 2.45) is 0 Å². The summed E-state index contributed by atoms with van der Waals surface area (Å²) in [5.74, 6) is 0. The van der Waals surface area contributed by atoms with Gasteiger partial charge < -0.3 is 0 Å². The Kier molecular flexibility index (Phi) is 16.8. The van der Waals surface area contributed by atoms with Crippen LogP contribution in [-0.2, 0) is 6.42 Å². The van der Waals surface area contributed by atoms with E-state index in [9.17, 15) is 0 Å². The lowest BCUT2D eigenvalue weighted by molar-refractivity contribution is -0.896. The fraction of sp³-hybridized carbons (Fsp3) is 0.594. The zero-order valence-corrected chi connectivity index (χ0v) is 21.9. The van der Waals surface area contributed by atoms with Crippen molar-refractivity contribution < 1.29 is 9.57 Å². The van der Waals surface area contributed by atoms with E-state index in [0.29, 0.717) is 0 Å². The van der Waals surface area contributed by atoms with Crippen LogP contribution in [0.3, 0.4) is 0 Å². The van der Waals surface area contributed by atoms with E-state index in [1.807, 2.05) is 17.0 Å². The van der Waals surface area contributed by atoms with Gasteiger partial charge in [0.1, 0.15) is 0 Å². The molecule has 0 saturated heterocycles. The number of benzene rings is 1. The zero-order chi connectivity index (χ0) is 23.9. The third-order valence-corrected chi connectivity index (χ3v) is 6.57. The summed E-state index contributed by atoms with van der Waals surface area (Å²) in [7, 11) is 0. The van der Waals surface area contributed by atoms with Gasteiger partial charge in [-0.3, -0.25) is 4.84 Å².